The van der Waals surface area contributed by atoms with E-state index in [2.05, 4.69) is 5.32 Å². The fourth-order valence-electron chi connectivity index (χ4n) is 4.16. The molecule has 2 fully saturated rings. The summed E-state index contributed by atoms with van der Waals surface area (Å²) in [6, 6.07) is 5.99. The summed E-state index contributed by atoms with van der Waals surface area (Å²) in [5.41, 5.74) is 2.62. The predicted octanol–water partition coefficient (Wildman–Crippen LogP) is 4.11. The van der Waals surface area contributed by atoms with E-state index in [-0.39, 0.29) is 10.6 Å². The van der Waals surface area contributed by atoms with E-state index in [0.717, 1.165) is 17.7 Å². The van der Waals surface area contributed by atoms with Crippen LogP contribution in [0.3, 0.4) is 0 Å². The third kappa shape index (κ3) is 2.69. The smallest absolute Gasteiger partial charge is 0.272 e. The number of nitro benzene ring substituents is 1. The minimum absolute atomic E-state index is 0.232. The summed E-state index contributed by atoms with van der Waals surface area (Å²) >= 11 is 0. The van der Waals surface area contributed by atoms with Gasteiger partial charge in [-0.05, 0) is 43.6 Å². The van der Waals surface area contributed by atoms with Gasteiger partial charge in [-0.15, -0.1) is 0 Å². The van der Waals surface area contributed by atoms with Crippen LogP contribution in [0.5, 0.6) is 0 Å². The molecule has 0 bridgehead atoms. The SMILES string of the molecule is Cc1c(CNC2CCC23CCCCC3)cccc1[N+](=O)[O-]. The molecule has 0 saturated heterocycles. The highest BCUT2D eigenvalue weighted by atomic mass is 16.6. The first kappa shape index (κ1) is 14.5. The lowest BCUT2D eigenvalue weighted by Gasteiger charge is -2.52. The molecule has 2 aliphatic carbocycles. The predicted molar refractivity (Wildman–Crippen MR) is 83.2 cm³/mol. The quantitative estimate of drug-likeness (QED) is 0.670. The van der Waals surface area contributed by atoms with Gasteiger partial charge in [0.25, 0.3) is 5.69 Å². The summed E-state index contributed by atoms with van der Waals surface area (Å²) in [5, 5.41) is 14.7. The fraction of sp³-hybridized carbons (Fsp3) is 0.647. The molecule has 21 heavy (non-hydrogen) atoms. The average molecular weight is 288 g/mol. The standard InChI is InChI=1S/C17H24N2O2/c1-13-14(6-5-7-15(13)19(20)21)12-18-16-8-11-17(16)9-3-2-4-10-17/h5-7,16,18H,2-4,8-12H2,1H3. The van der Waals surface area contributed by atoms with Gasteiger partial charge in [0.05, 0.1) is 4.92 Å². The van der Waals surface area contributed by atoms with Crippen LogP contribution < -0.4 is 5.32 Å². The van der Waals surface area contributed by atoms with E-state index < -0.39 is 0 Å². The number of benzene rings is 1. The molecule has 1 spiro atoms. The van der Waals surface area contributed by atoms with Crippen molar-refractivity contribution in [3.8, 4) is 0 Å². The number of hydrogen-bond donors (Lipinski definition) is 1. The Morgan fingerprint density at radius 2 is 2.05 bits per heavy atom. The molecule has 0 heterocycles. The van der Waals surface area contributed by atoms with Gasteiger partial charge in [0.1, 0.15) is 0 Å². The molecule has 4 heteroatoms. The maximum absolute atomic E-state index is 11.0. The summed E-state index contributed by atoms with van der Waals surface area (Å²) in [5.74, 6) is 0. The molecule has 1 atom stereocenters. The first-order chi connectivity index (χ1) is 10.1. The Morgan fingerprint density at radius 1 is 1.29 bits per heavy atom. The van der Waals surface area contributed by atoms with Crippen LogP contribution in [0.1, 0.15) is 56.1 Å². The van der Waals surface area contributed by atoms with Gasteiger partial charge in [-0.2, -0.15) is 0 Å². The van der Waals surface area contributed by atoms with Crippen molar-refractivity contribution in [3.05, 3.63) is 39.4 Å². The molecule has 3 rings (SSSR count). The van der Waals surface area contributed by atoms with Crippen LogP contribution in [0, 0.1) is 22.5 Å². The van der Waals surface area contributed by atoms with E-state index in [1.165, 1.54) is 44.9 Å². The molecule has 1 aromatic rings. The highest BCUT2D eigenvalue weighted by Gasteiger charge is 2.46. The van der Waals surface area contributed by atoms with Crippen LogP contribution in [-0.2, 0) is 6.54 Å². The molecule has 2 saturated carbocycles. The van der Waals surface area contributed by atoms with Crippen molar-refractivity contribution in [3.63, 3.8) is 0 Å². The topological polar surface area (TPSA) is 55.2 Å². The summed E-state index contributed by atoms with van der Waals surface area (Å²) in [6.07, 6.45) is 9.46. The Balaban J connectivity index is 1.66. The van der Waals surface area contributed by atoms with Crippen molar-refractivity contribution >= 4 is 5.69 Å². The third-order valence-electron chi connectivity index (χ3n) is 5.67. The molecular formula is C17H24N2O2. The number of rotatable bonds is 4. The molecule has 4 nitrogen and oxygen atoms in total. The van der Waals surface area contributed by atoms with E-state index >= 15 is 0 Å². The normalized spacial score (nSPS) is 23.8. The van der Waals surface area contributed by atoms with Crippen LogP contribution in [0.25, 0.3) is 0 Å². The Labute approximate surface area is 126 Å². The molecule has 0 aliphatic heterocycles. The average Bonchev–Trinajstić information content (AvgIpc) is 2.48. The number of nitrogens with one attached hydrogen (secondary N) is 1. The van der Waals surface area contributed by atoms with Gasteiger partial charge in [0.2, 0.25) is 0 Å². The Bertz CT molecular complexity index is 536. The third-order valence-corrected chi connectivity index (χ3v) is 5.67. The van der Waals surface area contributed by atoms with E-state index in [4.69, 9.17) is 0 Å². The lowest BCUT2D eigenvalue weighted by molar-refractivity contribution is -0.385. The van der Waals surface area contributed by atoms with Crippen molar-refractivity contribution in [2.45, 2.75) is 64.5 Å². The van der Waals surface area contributed by atoms with Gasteiger partial charge in [0, 0.05) is 24.2 Å². The van der Waals surface area contributed by atoms with Crippen molar-refractivity contribution < 1.29 is 4.92 Å². The minimum atomic E-state index is -0.287. The first-order valence-corrected chi connectivity index (χ1v) is 8.09. The Morgan fingerprint density at radius 3 is 2.67 bits per heavy atom. The zero-order valence-corrected chi connectivity index (χ0v) is 12.7. The summed E-state index contributed by atoms with van der Waals surface area (Å²) < 4.78 is 0. The maximum Gasteiger partial charge on any atom is 0.272 e. The van der Waals surface area contributed by atoms with Crippen LogP contribution in [0.4, 0.5) is 5.69 Å². The lowest BCUT2D eigenvalue weighted by Crippen LogP contribution is -2.54. The number of nitrogens with zero attached hydrogens (tertiary/aromatic N) is 1. The maximum atomic E-state index is 11.0. The van der Waals surface area contributed by atoms with Crippen LogP contribution in [0.2, 0.25) is 0 Å². The zero-order valence-electron chi connectivity index (χ0n) is 12.7. The number of nitro groups is 1. The summed E-state index contributed by atoms with van der Waals surface area (Å²) in [7, 11) is 0. The van der Waals surface area contributed by atoms with Gasteiger partial charge >= 0.3 is 0 Å². The molecule has 1 aromatic carbocycles. The fourth-order valence-corrected chi connectivity index (χ4v) is 4.16. The summed E-state index contributed by atoms with van der Waals surface area (Å²) in [4.78, 5) is 10.7. The molecule has 2 aliphatic rings. The second-order valence-corrected chi connectivity index (χ2v) is 6.71. The van der Waals surface area contributed by atoms with Crippen molar-refractivity contribution in [2.75, 3.05) is 0 Å². The molecule has 0 radical (unpaired) electrons. The van der Waals surface area contributed by atoms with Crippen molar-refractivity contribution in [2.24, 2.45) is 5.41 Å². The van der Waals surface area contributed by atoms with Crippen molar-refractivity contribution in [1.82, 2.24) is 5.32 Å². The first-order valence-electron chi connectivity index (χ1n) is 8.09. The van der Waals surface area contributed by atoms with Gasteiger partial charge in [-0.1, -0.05) is 31.4 Å². The second-order valence-electron chi connectivity index (χ2n) is 6.71. The zero-order chi connectivity index (χ0) is 14.9. The van der Waals surface area contributed by atoms with E-state index in [0.29, 0.717) is 11.5 Å². The van der Waals surface area contributed by atoms with Crippen LogP contribution in [0.15, 0.2) is 18.2 Å². The number of hydrogen-bond acceptors (Lipinski definition) is 3. The van der Waals surface area contributed by atoms with Gasteiger partial charge in [-0.25, -0.2) is 0 Å². The second kappa shape index (κ2) is 5.76. The van der Waals surface area contributed by atoms with E-state index in [9.17, 15) is 10.1 Å². The molecule has 1 unspecified atom stereocenters. The molecule has 0 amide bonds. The minimum Gasteiger partial charge on any atom is -0.309 e. The van der Waals surface area contributed by atoms with Crippen LogP contribution >= 0.6 is 0 Å². The Kier molecular flexibility index (Phi) is 3.98. The van der Waals surface area contributed by atoms with Gasteiger partial charge in [0.15, 0.2) is 0 Å². The monoisotopic (exact) mass is 288 g/mol. The summed E-state index contributed by atoms with van der Waals surface area (Å²) in [6.45, 7) is 2.60. The van der Waals surface area contributed by atoms with Crippen LogP contribution in [-0.4, -0.2) is 11.0 Å². The highest BCUT2D eigenvalue weighted by Crippen LogP contribution is 2.51. The molecule has 0 aromatic heterocycles. The van der Waals surface area contributed by atoms with E-state index in [1.54, 1.807) is 12.1 Å². The molecular weight excluding hydrogens is 264 g/mol. The Hall–Kier alpha value is -1.42. The largest absolute Gasteiger partial charge is 0.309 e. The highest BCUT2D eigenvalue weighted by molar-refractivity contribution is 5.44. The van der Waals surface area contributed by atoms with Gasteiger partial charge in [-0.3, -0.25) is 10.1 Å². The molecule has 114 valence electrons. The van der Waals surface area contributed by atoms with E-state index in [1.807, 2.05) is 13.0 Å². The lowest BCUT2D eigenvalue weighted by atomic mass is 9.57. The van der Waals surface area contributed by atoms with Gasteiger partial charge < -0.3 is 5.32 Å². The molecule has 1 N–H and O–H groups in total. The van der Waals surface area contributed by atoms with Crippen molar-refractivity contribution in [1.29, 1.82) is 0 Å².